The third-order valence-corrected chi connectivity index (χ3v) is 7.76. The van der Waals surface area contributed by atoms with Crippen molar-refractivity contribution < 1.29 is 37.1 Å². The van der Waals surface area contributed by atoms with Gasteiger partial charge in [-0.2, -0.15) is 4.98 Å². The van der Waals surface area contributed by atoms with Crippen LogP contribution < -0.4 is 25.7 Å². The standard InChI is InChI=1S/C30H38FN7O7S/c1-19(2)45-29(41)21-18-33-30(36-27(21)34-24-11-8-9-12-25(24)38(3)46(4,43)44)35-23-15-14-20(17-22(23)31)28(40)32-16-10-6-5-7-13-26(39)37-42/h8-9,11-12,14-15,17-19,42H,5-7,10,13,16H2,1-4H3,(H,32,40)(H,37,39)(H2,33,34,35,36). The van der Waals surface area contributed by atoms with E-state index in [0.29, 0.717) is 25.1 Å². The number of rotatable bonds is 16. The van der Waals surface area contributed by atoms with Crippen LogP contribution in [0.4, 0.5) is 33.2 Å². The zero-order chi connectivity index (χ0) is 33.9. The number of hydrogen-bond donors (Lipinski definition) is 5. The highest BCUT2D eigenvalue weighted by molar-refractivity contribution is 7.92. The van der Waals surface area contributed by atoms with Crippen molar-refractivity contribution >= 4 is 56.6 Å². The summed E-state index contributed by atoms with van der Waals surface area (Å²) in [6.45, 7) is 3.72. The predicted molar refractivity (Wildman–Crippen MR) is 171 cm³/mol. The summed E-state index contributed by atoms with van der Waals surface area (Å²) in [7, 11) is -2.24. The molecule has 1 heterocycles. The number of ether oxygens (including phenoxy) is 1. The highest BCUT2D eigenvalue weighted by Crippen LogP contribution is 2.31. The Bertz CT molecular complexity index is 1650. The molecule has 0 fully saturated rings. The number of para-hydroxylation sites is 2. The summed E-state index contributed by atoms with van der Waals surface area (Å²) in [4.78, 5) is 44.9. The molecule has 0 spiro atoms. The van der Waals surface area contributed by atoms with Gasteiger partial charge in [0.15, 0.2) is 5.82 Å². The van der Waals surface area contributed by atoms with E-state index in [1.54, 1.807) is 43.6 Å². The van der Waals surface area contributed by atoms with Gasteiger partial charge in [0.2, 0.25) is 21.9 Å². The molecule has 3 aromatic rings. The molecule has 0 atom stereocenters. The molecule has 2 amide bonds. The van der Waals surface area contributed by atoms with Gasteiger partial charge >= 0.3 is 5.97 Å². The summed E-state index contributed by atoms with van der Waals surface area (Å²) in [5, 5.41) is 16.9. The lowest BCUT2D eigenvalue weighted by molar-refractivity contribution is -0.129. The topological polar surface area (TPSA) is 192 Å². The van der Waals surface area contributed by atoms with Crippen LogP contribution >= 0.6 is 0 Å². The Morgan fingerprint density at radius 1 is 1.02 bits per heavy atom. The highest BCUT2D eigenvalue weighted by Gasteiger charge is 2.21. The number of carbonyl (C=O) groups excluding carboxylic acids is 3. The van der Waals surface area contributed by atoms with Gasteiger partial charge in [-0.05, 0) is 57.0 Å². The van der Waals surface area contributed by atoms with Crippen LogP contribution in [-0.2, 0) is 19.6 Å². The van der Waals surface area contributed by atoms with E-state index in [0.717, 1.165) is 29.5 Å². The van der Waals surface area contributed by atoms with Gasteiger partial charge in [-0.3, -0.25) is 19.1 Å². The van der Waals surface area contributed by atoms with E-state index in [1.807, 2.05) is 0 Å². The van der Waals surface area contributed by atoms with Gasteiger partial charge in [0.1, 0.15) is 11.4 Å². The van der Waals surface area contributed by atoms with E-state index in [1.165, 1.54) is 25.4 Å². The van der Waals surface area contributed by atoms with E-state index in [2.05, 4.69) is 25.9 Å². The highest BCUT2D eigenvalue weighted by atomic mass is 32.2. The SMILES string of the molecule is CC(C)OC(=O)c1cnc(Nc2ccc(C(=O)NCCCCCCC(=O)NO)cc2F)nc1Nc1ccccc1N(C)S(C)(=O)=O. The van der Waals surface area contributed by atoms with Crippen molar-refractivity contribution in [3.63, 3.8) is 0 Å². The maximum absolute atomic E-state index is 15.1. The van der Waals surface area contributed by atoms with Crippen molar-refractivity contribution in [2.45, 2.75) is 52.1 Å². The lowest BCUT2D eigenvalue weighted by Crippen LogP contribution is -2.25. The van der Waals surface area contributed by atoms with Crippen LogP contribution in [0.3, 0.4) is 0 Å². The first-order chi connectivity index (χ1) is 21.8. The minimum Gasteiger partial charge on any atom is -0.459 e. The van der Waals surface area contributed by atoms with Gasteiger partial charge in [-0.1, -0.05) is 25.0 Å². The number of nitrogens with one attached hydrogen (secondary N) is 4. The summed E-state index contributed by atoms with van der Waals surface area (Å²) in [5.74, 6) is -2.50. The number of esters is 1. The Morgan fingerprint density at radius 3 is 2.41 bits per heavy atom. The van der Waals surface area contributed by atoms with E-state index >= 15 is 4.39 Å². The van der Waals surface area contributed by atoms with E-state index < -0.39 is 39.7 Å². The number of aromatic nitrogens is 2. The average molecular weight is 660 g/mol. The number of sulfonamides is 1. The molecule has 0 aliphatic heterocycles. The quantitative estimate of drug-likeness (QED) is 0.0639. The van der Waals surface area contributed by atoms with Crippen LogP contribution in [0.5, 0.6) is 0 Å². The number of amides is 2. The Morgan fingerprint density at radius 2 is 1.74 bits per heavy atom. The van der Waals surface area contributed by atoms with Crippen LogP contribution in [0.25, 0.3) is 0 Å². The van der Waals surface area contributed by atoms with Crippen LogP contribution in [0, 0.1) is 5.82 Å². The monoisotopic (exact) mass is 659 g/mol. The Kier molecular flexibility index (Phi) is 12.8. The van der Waals surface area contributed by atoms with Gasteiger partial charge in [0.05, 0.1) is 29.4 Å². The zero-order valence-electron chi connectivity index (χ0n) is 26.0. The number of anilines is 5. The van der Waals surface area contributed by atoms with Crippen molar-refractivity contribution in [2.24, 2.45) is 0 Å². The number of nitrogens with zero attached hydrogens (tertiary/aromatic N) is 3. The van der Waals surface area contributed by atoms with E-state index in [4.69, 9.17) is 9.94 Å². The van der Waals surface area contributed by atoms with Crippen molar-refractivity contribution in [1.29, 1.82) is 0 Å². The fraction of sp³-hybridized carbons (Fsp3) is 0.367. The number of unbranched alkanes of at least 4 members (excludes halogenated alkanes) is 3. The second-order valence-electron chi connectivity index (χ2n) is 10.6. The predicted octanol–water partition coefficient (Wildman–Crippen LogP) is 4.25. The lowest BCUT2D eigenvalue weighted by Gasteiger charge is -2.21. The van der Waals surface area contributed by atoms with Crippen molar-refractivity contribution in [2.75, 3.05) is 34.8 Å². The minimum absolute atomic E-state index is 0.0226. The fourth-order valence-electron chi connectivity index (χ4n) is 4.13. The first-order valence-electron chi connectivity index (χ1n) is 14.5. The molecule has 0 saturated heterocycles. The summed E-state index contributed by atoms with van der Waals surface area (Å²) in [6, 6.07) is 10.3. The molecular weight excluding hydrogens is 621 g/mol. The Labute approximate surface area is 266 Å². The summed E-state index contributed by atoms with van der Waals surface area (Å²) in [5.41, 5.74) is 2.20. The first-order valence-corrected chi connectivity index (χ1v) is 16.3. The number of carbonyl (C=O) groups is 3. The van der Waals surface area contributed by atoms with Gasteiger partial charge in [0.25, 0.3) is 5.91 Å². The largest absolute Gasteiger partial charge is 0.459 e. The molecule has 0 aliphatic rings. The summed E-state index contributed by atoms with van der Waals surface area (Å²) < 4.78 is 45.9. The molecule has 248 valence electrons. The van der Waals surface area contributed by atoms with E-state index in [-0.39, 0.29) is 40.7 Å². The molecule has 0 aliphatic carbocycles. The normalized spacial score (nSPS) is 11.1. The molecule has 3 rings (SSSR count). The average Bonchev–Trinajstić information content (AvgIpc) is 3.00. The molecule has 0 bridgehead atoms. The second kappa shape index (κ2) is 16.5. The molecule has 0 unspecified atom stereocenters. The smallest absolute Gasteiger partial charge is 0.343 e. The van der Waals surface area contributed by atoms with Gasteiger partial charge in [-0.25, -0.2) is 28.1 Å². The third kappa shape index (κ3) is 10.4. The number of hydroxylamine groups is 1. The molecule has 16 heteroatoms. The van der Waals surface area contributed by atoms with Crippen LogP contribution in [0.15, 0.2) is 48.7 Å². The van der Waals surface area contributed by atoms with Gasteiger partial charge in [0, 0.05) is 31.8 Å². The van der Waals surface area contributed by atoms with Gasteiger partial charge in [-0.15, -0.1) is 0 Å². The maximum atomic E-state index is 15.1. The van der Waals surface area contributed by atoms with Crippen molar-refractivity contribution in [1.82, 2.24) is 20.8 Å². The second-order valence-corrected chi connectivity index (χ2v) is 12.6. The summed E-state index contributed by atoms with van der Waals surface area (Å²) >= 11 is 0. The Hall–Kier alpha value is -4.83. The van der Waals surface area contributed by atoms with Crippen LogP contribution in [0.2, 0.25) is 0 Å². The fourth-order valence-corrected chi connectivity index (χ4v) is 4.64. The van der Waals surface area contributed by atoms with Crippen LogP contribution in [-0.4, -0.2) is 67.3 Å². The summed E-state index contributed by atoms with van der Waals surface area (Å²) in [6.07, 6.45) is 4.82. The molecule has 1 aromatic heterocycles. The number of benzene rings is 2. The molecular formula is C30H38FN7O7S. The molecule has 0 radical (unpaired) electrons. The zero-order valence-corrected chi connectivity index (χ0v) is 26.8. The van der Waals surface area contributed by atoms with E-state index in [9.17, 15) is 22.8 Å². The lowest BCUT2D eigenvalue weighted by atomic mass is 10.1. The Balaban J connectivity index is 1.76. The van der Waals surface area contributed by atoms with Crippen molar-refractivity contribution in [3.8, 4) is 0 Å². The molecule has 5 N–H and O–H groups in total. The molecule has 46 heavy (non-hydrogen) atoms. The molecule has 14 nitrogen and oxygen atoms in total. The van der Waals surface area contributed by atoms with Gasteiger partial charge < -0.3 is 20.7 Å². The number of halogens is 1. The molecule has 0 saturated carbocycles. The minimum atomic E-state index is -3.62. The molecule has 2 aromatic carbocycles. The van der Waals surface area contributed by atoms with Crippen molar-refractivity contribution in [3.05, 3.63) is 65.6 Å². The number of hydrogen-bond acceptors (Lipinski definition) is 11. The first kappa shape index (κ1) is 35.6. The third-order valence-electron chi connectivity index (χ3n) is 6.56. The van der Waals surface area contributed by atoms with Crippen LogP contribution in [0.1, 0.15) is 66.7 Å². The maximum Gasteiger partial charge on any atom is 0.343 e.